The van der Waals surface area contributed by atoms with Gasteiger partial charge in [0.15, 0.2) is 5.65 Å². The number of H-pyrrole nitrogens is 1. The molecule has 1 aliphatic rings. The summed E-state index contributed by atoms with van der Waals surface area (Å²) in [6, 6.07) is 18.3. The third kappa shape index (κ3) is 6.64. The second kappa shape index (κ2) is 13.5. The van der Waals surface area contributed by atoms with Crippen LogP contribution < -0.4 is 16.0 Å². The molecule has 0 atom stereocenters. The summed E-state index contributed by atoms with van der Waals surface area (Å²) < 4.78 is 49.9. The number of nitrogens with one attached hydrogen (secondary N) is 2. The van der Waals surface area contributed by atoms with Crippen molar-refractivity contribution < 1.29 is 12.8 Å². The van der Waals surface area contributed by atoms with E-state index in [1.54, 1.807) is 54.6 Å². The largest absolute Gasteiger partial charge is 0.336 e. The average molecular weight is 769 g/mol. The van der Waals surface area contributed by atoms with Crippen LogP contribution >= 0.6 is 20.7 Å². The summed E-state index contributed by atoms with van der Waals surface area (Å²) in [7, 11) is 0.0677. The van der Waals surface area contributed by atoms with Gasteiger partial charge in [-0.15, -0.1) is 0 Å². The Hall–Kier alpha value is -4.21. The van der Waals surface area contributed by atoms with E-state index in [-0.39, 0.29) is 48.9 Å². The molecule has 47 heavy (non-hydrogen) atoms. The number of nitrogens with zero attached hydrogens (tertiary/aromatic N) is 4. The lowest BCUT2D eigenvalue weighted by Crippen LogP contribution is -2.40. The molecule has 1 aliphatic heterocycles. The maximum Gasteiger partial charge on any atom is 0.333 e. The van der Waals surface area contributed by atoms with Crippen molar-refractivity contribution in [2.24, 2.45) is 0 Å². The molecule has 244 valence electrons. The van der Waals surface area contributed by atoms with Crippen LogP contribution in [0.25, 0.3) is 17.2 Å². The van der Waals surface area contributed by atoms with E-state index in [1.165, 1.54) is 10.6 Å². The van der Waals surface area contributed by atoms with Crippen LogP contribution in [0.2, 0.25) is 0 Å². The van der Waals surface area contributed by atoms with Crippen LogP contribution in [0.5, 0.6) is 0 Å². The monoisotopic (exact) mass is 768 g/mol. The third-order valence-corrected chi connectivity index (χ3v) is 12.2. The number of sulfonamides is 1. The second-order valence-corrected chi connectivity index (χ2v) is 15.5. The Bertz CT molecular complexity index is 2270. The van der Waals surface area contributed by atoms with E-state index in [4.69, 9.17) is 0 Å². The van der Waals surface area contributed by atoms with Crippen LogP contribution in [0.4, 0.5) is 10.1 Å². The summed E-state index contributed by atoms with van der Waals surface area (Å²) in [5.74, 6) is -0.0228. The second-order valence-electron chi connectivity index (χ2n) is 11.4. The van der Waals surface area contributed by atoms with Crippen molar-refractivity contribution >= 4 is 57.3 Å². The van der Waals surface area contributed by atoms with Crippen LogP contribution in [0, 0.1) is 5.82 Å². The minimum Gasteiger partial charge on any atom is -0.336 e. The summed E-state index contributed by atoms with van der Waals surface area (Å²) in [6.45, 7) is 2.16. The average Bonchev–Trinajstić information content (AvgIpc) is 3.47. The highest BCUT2D eigenvalue weighted by atomic mass is 127. The first-order valence-corrected chi connectivity index (χ1v) is 18.9. The minimum absolute atomic E-state index is 0.174. The third-order valence-electron chi connectivity index (χ3n) is 7.88. The molecule has 0 spiro atoms. The summed E-state index contributed by atoms with van der Waals surface area (Å²) in [5, 5.41) is 0. The Morgan fingerprint density at radius 3 is 2.49 bits per heavy atom. The number of imidazole rings is 1. The zero-order valence-electron chi connectivity index (χ0n) is 26.1. The maximum absolute atomic E-state index is 14.4. The Morgan fingerprint density at radius 1 is 1.00 bits per heavy atom. The molecule has 0 aliphatic carbocycles. The first-order chi connectivity index (χ1) is 22.6. The highest BCUT2D eigenvalue weighted by Crippen LogP contribution is 2.31. The number of halogens is 2. The van der Waals surface area contributed by atoms with Crippen LogP contribution in [-0.2, 0) is 29.5 Å². The number of anilines is 1. The van der Waals surface area contributed by atoms with E-state index in [0.29, 0.717) is 36.5 Å². The van der Waals surface area contributed by atoms with E-state index in [2.05, 4.69) is 18.8 Å². The number of fused-ring (bicyclic) bond motifs is 2. The van der Waals surface area contributed by atoms with Crippen molar-refractivity contribution in [3.05, 3.63) is 126 Å². The summed E-state index contributed by atoms with van der Waals surface area (Å²) in [4.78, 5) is 36.9. The normalized spacial score (nSPS) is 13.0. The highest BCUT2D eigenvalue weighted by molar-refractivity contribution is 14.2. The number of aryl methyl sites for hydroxylation is 1. The van der Waals surface area contributed by atoms with Gasteiger partial charge in [0.1, 0.15) is 17.2 Å². The lowest BCUT2D eigenvalue weighted by Gasteiger charge is -2.21. The van der Waals surface area contributed by atoms with E-state index in [9.17, 15) is 22.4 Å². The van der Waals surface area contributed by atoms with Crippen molar-refractivity contribution in [3.8, 4) is 0 Å². The zero-order valence-corrected chi connectivity index (χ0v) is 29.1. The lowest BCUT2D eigenvalue weighted by molar-refractivity contribution is 0.553. The molecular formula is C34H34FIN6O4S. The fourth-order valence-corrected chi connectivity index (χ4v) is 9.05. The van der Waals surface area contributed by atoms with Gasteiger partial charge in [0.25, 0.3) is 15.6 Å². The quantitative estimate of drug-likeness (QED) is 0.177. The molecule has 0 amide bonds. The fourth-order valence-electron chi connectivity index (χ4n) is 5.53. The van der Waals surface area contributed by atoms with E-state index in [1.807, 2.05) is 38.1 Å². The van der Waals surface area contributed by atoms with E-state index >= 15 is 0 Å². The van der Waals surface area contributed by atoms with Gasteiger partial charge in [-0.05, 0) is 60.5 Å². The van der Waals surface area contributed by atoms with E-state index in [0.717, 1.165) is 25.7 Å². The lowest BCUT2D eigenvalue weighted by atomic mass is 10.1. The topological polar surface area (TPSA) is 122 Å². The molecule has 0 bridgehead atoms. The Labute approximate surface area is 281 Å². The molecule has 0 radical (unpaired) electrons. The van der Waals surface area contributed by atoms with Crippen molar-refractivity contribution in [1.29, 1.82) is 0 Å². The predicted octanol–water partition coefficient (Wildman–Crippen LogP) is 5.26. The molecule has 0 saturated heterocycles. The molecule has 0 fully saturated rings. The Kier molecular flexibility index (Phi) is 9.39. The number of aromatic nitrogens is 4. The van der Waals surface area contributed by atoms with Crippen LogP contribution in [0.3, 0.4) is 0 Å². The summed E-state index contributed by atoms with van der Waals surface area (Å²) in [6.07, 6.45) is 3.73. The van der Waals surface area contributed by atoms with Crippen molar-refractivity contribution in [3.63, 3.8) is 0 Å². The number of hydrogen-bond donors (Lipinski definition) is 2. The van der Waals surface area contributed by atoms with Gasteiger partial charge in [0.2, 0.25) is 0 Å². The standard InChI is InChI=1S/C34H34FIN6O4S/c1-4-5-19-41-32-30(33(43)42(34(41)44)21-23-9-6-7-11-27(23)35)37-29(38-32)20-22-13-15-24(16-14-22)39-47(45,46)28-12-8-10-26-25(28)17-18-36-31(26)40(2)3/h6-18,39H,4-5,19-21H2,1-3H3,(H,37,38). The van der Waals surface area contributed by atoms with Crippen molar-refractivity contribution in [2.45, 2.75) is 44.2 Å². The Morgan fingerprint density at radius 2 is 1.77 bits per heavy atom. The maximum atomic E-state index is 14.4. The molecule has 13 heteroatoms. The fraction of sp³-hybridized carbons (Fsp3) is 0.235. The van der Waals surface area contributed by atoms with Gasteiger partial charge in [0, 0.05) is 35.3 Å². The molecule has 10 nitrogen and oxygen atoms in total. The summed E-state index contributed by atoms with van der Waals surface area (Å²) in [5.41, 5.74) is 2.41. The highest BCUT2D eigenvalue weighted by Gasteiger charge is 2.23. The van der Waals surface area contributed by atoms with Crippen LogP contribution in [-0.4, -0.2) is 50.1 Å². The molecule has 5 aromatic rings. The first-order valence-electron chi connectivity index (χ1n) is 15.1. The van der Waals surface area contributed by atoms with Gasteiger partial charge in [-0.1, -0.05) is 76.5 Å². The molecule has 2 N–H and O–H groups in total. The van der Waals surface area contributed by atoms with Gasteiger partial charge in [-0.2, -0.15) is 0 Å². The SMILES string of the molecule is CCCCn1c(=O)n(Cc2ccccc2F)c(=O)c2[nH]c(Cc3ccc(NS(=O)(=O)c4cccc5c4C=CI=C5N(C)C)cc3)nc21. The first kappa shape index (κ1) is 32.7. The molecule has 0 unspecified atom stereocenters. The van der Waals surface area contributed by atoms with Crippen molar-refractivity contribution in [2.75, 3.05) is 18.8 Å². The molecule has 0 saturated carbocycles. The number of rotatable bonds is 11. The van der Waals surface area contributed by atoms with Gasteiger partial charge in [0.05, 0.1) is 15.1 Å². The molecule has 3 heterocycles. The van der Waals surface area contributed by atoms with Crippen molar-refractivity contribution in [1.82, 2.24) is 24.0 Å². The Balaban J connectivity index is 1.26. The smallest absolute Gasteiger partial charge is 0.333 e. The van der Waals surface area contributed by atoms with Gasteiger partial charge < -0.3 is 4.98 Å². The zero-order chi connectivity index (χ0) is 33.3. The van der Waals surface area contributed by atoms with Crippen LogP contribution in [0.1, 0.15) is 47.8 Å². The number of unbranched alkanes of at least 4 members (excludes halogenated alkanes) is 1. The molecular weight excluding hydrogens is 734 g/mol. The molecule has 3 aromatic carbocycles. The number of aromatic amines is 1. The van der Waals surface area contributed by atoms with Gasteiger partial charge >= 0.3 is 5.69 Å². The van der Waals surface area contributed by atoms with Gasteiger partial charge in [-0.25, -0.2) is 22.6 Å². The molecule has 2 aromatic heterocycles. The minimum atomic E-state index is -3.88. The molecule has 6 rings (SSSR count). The number of hydrogen-bond acceptors (Lipinski definition) is 6. The van der Waals surface area contributed by atoms with E-state index < -0.39 is 27.1 Å². The van der Waals surface area contributed by atoms with Gasteiger partial charge in [-0.3, -0.25) is 23.6 Å². The summed E-state index contributed by atoms with van der Waals surface area (Å²) >= 11 is -0.344. The number of benzene rings is 3. The predicted molar refractivity (Wildman–Crippen MR) is 192 cm³/mol. The van der Waals surface area contributed by atoms with Crippen LogP contribution in [0.15, 0.2) is 85.3 Å².